The molecule has 3 fully saturated rings. The number of aromatic amines is 1. The molecule has 154 valence electrons. The number of nitrogens with zero attached hydrogens (tertiary/aromatic N) is 3. The van der Waals surface area contributed by atoms with Crippen molar-refractivity contribution in [2.45, 2.75) is 51.2 Å². The highest BCUT2D eigenvalue weighted by Crippen LogP contribution is 2.41. The maximum atomic E-state index is 12.8. The Morgan fingerprint density at radius 2 is 2.10 bits per heavy atom. The molecule has 4 atom stereocenters. The molecule has 0 unspecified atom stereocenters. The zero-order valence-corrected chi connectivity index (χ0v) is 16.9. The second kappa shape index (κ2) is 7.44. The zero-order chi connectivity index (χ0) is 20.0. The Bertz CT molecular complexity index is 892. The molecule has 7 heteroatoms. The zero-order valence-electron chi connectivity index (χ0n) is 16.9. The van der Waals surface area contributed by atoms with Crippen molar-refractivity contribution in [1.29, 1.82) is 0 Å². The molecule has 29 heavy (non-hydrogen) atoms. The first-order chi connectivity index (χ1) is 14.1. The first-order valence-electron chi connectivity index (χ1n) is 10.8. The van der Waals surface area contributed by atoms with Crippen molar-refractivity contribution in [1.82, 2.24) is 25.1 Å². The molecule has 3 aliphatic heterocycles. The first-order valence-corrected chi connectivity index (χ1v) is 10.8. The Morgan fingerprint density at radius 1 is 1.28 bits per heavy atom. The van der Waals surface area contributed by atoms with Crippen LogP contribution in [-0.4, -0.2) is 63.3 Å². The van der Waals surface area contributed by atoms with Crippen LogP contribution in [0.1, 0.15) is 38.4 Å². The van der Waals surface area contributed by atoms with Crippen molar-refractivity contribution in [2.24, 2.45) is 11.8 Å². The largest absolute Gasteiger partial charge is 0.354 e. The molecule has 3 aliphatic rings. The van der Waals surface area contributed by atoms with Crippen LogP contribution >= 0.6 is 0 Å². The summed E-state index contributed by atoms with van der Waals surface area (Å²) in [7, 11) is 0. The molecule has 7 nitrogen and oxygen atoms in total. The van der Waals surface area contributed by atoms with E-state index in [1.54, 1.807) is 6.92 Å². The molecule has 5 rings (SSSR count). The van der Waals surface area contributed by atoms with Gasteiger partial charge in [-0.25, -0.2) is 4.98 Å². The summed E-state index contributed by atoms with van der Waals surface area (Å²) in [6.07, 6.45) is 3.86. The minimum absolute atomic E-state index is 0.0249. The van der Waals surface area contributed by atoms with Crippen LogP contribution in [0.2, 0.25) is 0 Å². The molecule has 2 N–H and O–H groups in total. The van der Waals surface area contributed by atoms with E-state index in [9.17, 15) is 9.59 Å². The molecular formula is C22H29N5O2. The summed E-state index contributed by atoms with van der Waals surface area (Å²) in [5.74, 6) is 2.15. The number of aromatic nitrogens is 2. The molecule has 0 aliphatic carbocycles. The van der Waals surface area contributed by atoms with E-state index >= 15 is 0 Å². The average Bonchev–Trinajstić information content (AvgIpc) is 3.10. The highest BCUT2D eigenvalue weighted by atomic mass is 16.2. The maximum Gasteiger partial charge on any atom is 0.223 e. The number of amides is 2. The Hall–Kier alpha value is -2.41. The molecule has 0 radical (unpaired) electrons. The Morgan fingerprint density at radius 3 is 2.93 bits per heavy atom. The van der Waals surface area contributed by atoms with Gasteiger partial charge in [0.2, 0.25) is 11.8 Å². The van der Waals surface area contributed by atoms with Crippen molar-refractivity contribution in [2.75, 3.05) is 19.6 Å². The van der Waals surface area contributed by atoms with Crippen LogP contribution in [0.5, 0.6) is 0 Å². The number of likely N-dealkylation sites (tertiary alicyclic amines) is 1. The maximum absolute atomic E-state index is 12.8. The minimum atomic E-state index is -0.0249. The van der Waals surface area contributed by atoms with E-state index in [2.05, 4.69) is 26.2 Å². The summed E-state index contributed by atoms with van der Waals surface area (Å²) in [5, 5.41) is 2.98. The monoisotopic (exact) mass is 395 g/mol. The topological polar surface area (TPSA) is 81.3 Å². The molecule has 2 amide bonds. The smallest absolute Gasteiger partial charge is 0.223 e. The first kappa shape index (κ1) is 18.6. The number of fused-ring (bicyclic) bond motifs is 5. The molecule has 4 heterocycles. The van der Waals surface area contributed by atoms with Crippen LogP contribution in [-0.2, 0) is 16.1 Å². The van der Waals surface area contributed by atoms with Gasteiger partial charge in [0.1, 0.15) is 5.82 Å². The number of rotatable bonds is 4. The lowest BCUT2D eigenvalue weighted by atomic mass is 9.72. The van der Waals surface area contributed by atoms with E-state index in [0.29, 0.717) is 30.8 Å². The number of nitrogens with one attached hydrogen (secondary N) is 2. The quantitative estimate of drug-likeness (QED) is 0.829. The van der Waals surface area contributed by atoms with Gasteiger partial charge in [-0.1, -0.05) is 12.1 Å². The number of carbonyl (C=O) groups excluding carboxylic acids is 2. The van der Waals surface area contributed by atoms with E-state index in [1.807, 2.05) is 18.2 Å². The van der Waals surface area contributed by atoms with Gasteiger partial charge in [0.15, 0.2) is 0 Å². The lowest BCUT2D eigenvalue weighted by Gasteiger charge is -2.56. The summed E-state index contributed by atoms with van der Waals surface area (Å²) in [5.41, 5.74) is 2.08. The van der Waals surface area contributed by atoms with Crippen LogP contribution in [0.3, 0.4) is 0 Å². The Balaban J connectivity index is 1.37. The van der Waals surface area contributed by atoms with Gasteiger partial charge < -0.3 is 15.2 Å². The standard InChI is InChI=1S/C22H29N5O2/c1-14(28)23-10-20-16-9-15(19-7-4-8-22(29)27(19)20)11-26(12-16)13-21-24-17-5-2-3-6-18(17)25-21/h2-3,5-6,15-16,19-20H,4,7-13H2,1H3,(H,23,28)(H,24,25)/t15-,16+,19+,20+/m1/s1. The highest BCUT2D eigenvalue weighted by Gasteiger charge is 2.49. The predicted octanol–water partition coefficient (Wildman–Crippen LogP) is 1.90. The number of piperidine rings is 3. The summed E-state index contributed by atoms with van der Waals surface area (Å²) < 4.78 is 0. The van der Waals surface area contributed by atoms with E-state index < -0.39 is 0 Å². The van der Waals surface area contributed by atoms with Crippen LogP contribution in [0.4, 0.5) is 0 Å². The van der Waals surface area contributed by atoms with Gasteiger partial charge in [-0.05, 0) is 43.2 Å². The van der Waals surface area contributed by atoms with Crippen LogP contribution in [0.25, 0.3) is 11.0 Å². The van der Waals surface area contributed by atoms with Gasteiger partial charge in [0.25, 0.3) is 0 Å². The lowest BCUT2D eigenvalue weighted by Crippen LogP contribution is -2.66. The van der Waals surface area contributed by atoms with Crippen LogP contribution in [0.15, 0.2) is 24.3 Å². The Kier molecular flexibility index (Phi) is 4.78. The van der Waals surface area contributed by atoms with E-state index in [0.717, 1.165) is 55.8 Å². The third-order valence-electron chi connectivity index (χ3n) is 6.94. The molecule has 0 saturated carbocycles. The number of carbonyl (C=O) groups is 2. The third-order valence-corrected chi connectivity index (χ3v) is 6.94. The van der Waals surface area contributed by atoms with Gasteiger partial charge >= 0.3 is 0 Å². The fourth-order valence-corrected chi connectivity index (χ4v) is 5.80. The molecule has 0 spiro atoms. The molecule has 2 aromatic rings. The average molecular weight is 396 g/mol. The van der Waals surface area contributed by atoms with E-state index in [1.165, 1.54) is 0 Å². The lowest BCUT2D eigenvalue weighted by molar-refractivity contribution is -0.153. The second-order valence-corrected chi connectivity index (χ2v) is 8.92. The highest BCUT2D eigenvalue weighted by molar-refractivity contribution is 5.78. The second-order valence-electron chi connectivity index (χ2n) is 8.92. The van der Waals surface area contributed by atoms with Gasteiger partial charge in [0.05, 0.1) is 23.6 Å². The number of imidazole rings is 1. The van der Waals surface area contributed by atoms with Crippen molar-refractivity contribution in [3.63, 3.8) is 0 Å². The van der Waals surface area contributed by atoms with Crippen molar-refractivity contribution < 1.29 is 9.59 Å². The summed E-state index contributed by atoms with van der Waals surface area (Å²) in [6.45, 7) is 4.86. The number of H-pyrrole nitrogens is 1. The summed E-state index contributed by atoms with van der Waals surface area (Å²) in [6, 6.07) is 8.55. The number of benzene rings is 1. The van der Waals surface area contributed by atoms with Gasteiger partial charge in [-0.3, -0.25) is 14.5 Å². The summed E-state index contributed by atoms with van der Waals surface area (Å²) in [4.78, 5) is 37.2. The molecule has 2 bridgehead atoms. The fourth-order valence-electron chi connectivity index (χ4n) is 5.80. The minimum Gasteiger partial charge on any atom is -0.354 e. The molecular weight excluding hydrogens is 366 g/mol. The number of hydrogen-bond donors (Lipinski definition) is 2. The molecule has 1 aromatic carbocycles. The van der Waals surface area contributed by atoms with Gasteiger partial charge in [-0.2, -0.15) is 0 Å². The van der Waals surface area contributed by atoms with E-state index in [4.69, 9.17) is 4.98 Å². The fraction of sp³-hybridized carbons (Fsp3) is 0.591. The Labute approximate surface area is 170 Å². The van der Waals surface area contributed by atoms with Crippen LogP contribution in [0, 0.1) is 11.8 Å². The number of para-hydroxylation sites is 2. The molecule has 1 aromatic heterocycles. The van der Waals surface area contributed by atoms with Crippen molar-refractivity contribution in [3.8, 4) is 0 Å². The van der Waals surface area contributed by atoms with Crippen molar-refractivity contribution in [3.05, 3.63) is 30.1 Å². The van der Waals surface area contributed by atoms with E-state index in [-0.39, 0.29) is 17.9 Å². The summed E-state index contributed by atoms with van der Waals surface area (Å²) >= 11 is 0. The molecule has 3 saturated heterocycles. The predicted molar refractivity (Wildman–Crippen MR) is 110 cm³/mol. The number of hydrogen-bond acceptors (Lipinski definition) is 4. The van der Waals surface area contributed by atoms with Gasteiger partial charge in [-0.15, -0.1) is 0 Å². The third kappa shape index (κ3) is 3.52. The van der Waals surface area contributed by atoms with Crippen LogP contribution < -0.4 is 5.32 Å². The SMILES string of the molecule is CC(=O)NC[C@H]1[C@H]2C[C@H](CN(Cc3nc4ccccc4[nH]3)C2)[C@@H]2CCCC(=O)N21. The van der Waals surface area contributed by atoms with Gasteiger partial charge in [0, 0.05) is 39.0 Å². The normalized spacial score (nSPS) is 29.7. The van der Waals surface area contributed by atoms with Crippen molar-refractivity contribution >= 4 is 22.8 Å².